The smallest absolute Gasteiger partial charge is 0.233 e. The van der Waals surface area contributed by atoms with E-state index in [0.29, 0.717) is 12.8 Å². The molecule has 20 heavy (non-hydrogen) atoms. The van der Waals surface area contributed by atoms with Gasteiger partial charge in [-0.05, 0) is 25.0 Å². The zero-order valence-electron chi connectivity index (χ0n) is 11.3. The summed E-state index contributed by atoms with van der Waals surface area (Å²) in [5, 5.41) is -0.0361. The molecule has 0 aliphatic rings. The lowest BCUT2D eigenvalue weighted by Crippen LogP contribution is -2.33. The van der Waals surface area contributed by atoms with Crippen LogP contribution < -0.4 is 4.74 Å². The van der Waals surface area contributed by atoms with Crippen molar-refractivity contribution in [2.24, 2.45) is 5.41 Å². The molecule has 3 nitrogen and oxygen atoms in total. The summed E-state index contributed by atoms with van der Waals surface area (Å²) >= 11 is 5.67. The Labute approximate surface area is 128 Å². The van der Waals surface area contributed by atoms with Crippen LogP contribution in [0, 0.1) is 11.2 Å². The number of halogens is 3. The monoisotopic (exact) mass is 342 g/mol. The zero-order chi connectivity index (χ0) is 15.4. The van der Waals surface area contributed by atoms with E-state index in [1.165, 1.54) is 12.1 Å². The zero-order valence-corrected chi connectivity index (χ0v) is 13.7. The highest BCUT2D eigenvalue weighted by atomic mass is 35.7. The molecule has 0 spiro atoms. The van der Waals surface area contributed by atoms with Gasteiger partial charge in [-0.25, -0.2) is 12.8 Å². The molecule has 0 heterocycles. The first-order valence-electron chi connectivity index (χ1n) is 6.22. The van der Waals surface area contributed by atoms with Crippen LogP contribution in [0.25, 0.3) is 0 Å². The van der Waals surface area contributed by atoms with Gasteiger partial charge in [0, 0.05) is 16.1 Å². The van der Waals surface area contributed by atoms with E-state index in [2.05, 4.69) is 0 Å². The minimum atomic E-state index is -3.66. The summed E-state index contributed by atoms with van der Waals surface area (Å²) < 4.78 is 41.8. The number of ether oxygens (including phenoxy) is 1. The van der Waals surface area contributed by atoms with Gasteiger partial charge in [0.25, 0.3) is 0 Å². The van der Waals surface area contributed by atoms with Crippen LogP contribution in [0.5, 0.6) is 5.75 Å². The van der Waals surface area contributed by atoms with E-state index in [1.807, 2.05) is 13.8 Å². The van der Waals surface area contributed by atoms with E-state index in [-0.39, 0.29) is 23.1 Å². The van der Waals surface area contributed by atoms with E-state index >= 15 is 0 Å². The van der Waals surface area contributed by atoms with Crippen molar-refractivity contribution in [1.82, 2.24) is 0 Å². The molecule has 0 aromatic heterocycles. The maximum Gasteiger partial charge on any atom is 0.233 e. The van der Waals surface area contributed by atoms with Crippen LogP contribution >= 0.6 is 22.3 Å². The average molecular weight is 343 g/mol. The van der Waals surface area contributed by atoms with Crippen molar-refractivity contribution >= 4 is 31.3 Å². The normalized spacial score (nSPS) is 12.4. The molecule has 1 aromatic carbocycles. The Balaban J connectivity index is 2.90. The summed E-state index contributed by atoms with van der Waals surface area (Å²) in [4.78, 5) is 0. The van der Waals surface area contributed by atoms with E-state index in [9.17, 15) is 12.8 Å². The molecule has 0 saturated carbocycles. The van der Waals surface area contributed by atoms with Crippen molar-refractivity contribution in [3.63, 3.8) is 0 Å². The Bertz CT molecular complexity index is 557. The first-order valence-corrected chi connectivity index (χ1v) is 9.08. The van der Waals surface area contributed by atoms with Crippen LogP contribution in [0.3, 0.4) is 0 Å². The lowest BCUT2D eigenvalue weighted by atomic mass is 9.85. The van der Waals surface area contributed by atoms with Gasteiger partial charge in [0.15, 0.2) is 11.6 Å². The fourth-order valence-electron chi connectivity index (χ4n) is 1.89. The second-order valence-corrected chi connectivity index (χ2v) is 7.92. The number of benzene rings is 1. The van der Waals surface area contributed by atoms with Crippen LogP contribution in [0.15, 0.2) is 18.2 Å². The van der Waals surface area contributed by atoms with Crippen LogP contribution in [0.2, 0.25) is 5.02 Å². The average Bonchev–Trinajstić information content (AvgIpc) is 2.37. The minimum absolute atomic E-state index is 0.00995. The van der Waals surface area contributed by atoms with Crippen LogP contribution in [0.1, 0.15) is 26.7 Å². The third-order valence-electron chi connectivity index (χ3n) is 3.43. The van der Waals surface area contributed by atoms with Crippen molar-refractivity contribution in [1.29, 1.82) is 0 Å². The quantitative estimate of drug-likeness (QED) is 0.696. The van der Waals surface area contributed by atoms with Crippen molar-refractivity contribution in [3.05, 3.63) is 29.0 Å². The molecule has 0 bridgehead atoms. The maximum absolute atomic E-state index is 13.7. The van der Waals surface area contributed by atoms with Gasteiger partial charge in [-0.15, -0.1) is 0 Å². The van der Waals surface area contributed by atoms with E-state index < -0.39 is 20.3 Å². The fourth-order valence-corrected chi connectivity index (χ4v) is 3.98. The highest BCUT2D eigenvalue weighted by molar-refractivity contribution is 8.13. The van der Waals surface area contributed by atoms with Gasteiger partial charge in [-0.3, -0.25) is 0 Å². The Morgan fingerprint density at radius 3 is 2.40 bits per heavy atom. The molecular weight excluding hydrogens is 326 g/mol. The molecule has 0 aliphatic heterocycles. The predicted octanol–water partition coefficient (Wildman–Crippen LogP) is 4.23. The van der Waals surface area contributed by atoms with Crippen molar-refractivity contribution in [2.45, 2.75) is 26.7 Å². The summed E-state index contributed by atoms with van der Waals surface area (Å²) in [6.07, 6.45) is 1.11. The fraction of sp³-hybridized carbons (Fsp3) is 0.538. The number of hydrogen-bond donors (Lipinski definition) is 0. The molecule has 0 saturated heterocycles. The van der Waals surface area contributed by atoms with Gasteiger partial charge in [0.1, 0.15) is 0 Å². The Morgan fingerprint density at radius 1 is 1.30 bits per heavy atom. The third-order valence-corrected chi connectivity index (χ3v) is 5.01. The highest BCUT2D eigenvalue weighted by Gasteiger charge is 2.33. The summed E-state index contributed by atoms with van der Waals surface area (Å²) in [7, 11) is 1.68. The third kappa shape index (κ3) is 4.79. The SMILES string of the molecule is CCC(CC)(COc1cccc(Cl)c1F)CS(=O)(=O)Cl. The van der Waals surface area contributed by atoms with Gasteiger partial charge in [-0.1, -0.05) is 31.5 Å². The Kier molecular flexibility index (Phi) is 6.10. The van der Waals surface area contributed by atoms with E-state index in [0.717, 1.165) is 0 Å². The van der Waals surface area contributed by atoms with Gasteiger partial charge in [0.05, 0.1) is 17.4 Å². The highest BCUT2D eigenvalue weighted by Crippen LogP contribution is 2.32. The summed E-state index contributed by atoms with van der Waals surface area (Å²) in [6.45, 7) is 3.76. The van der Waals surface area contributed by atoms with Crippen LogP contribution in [-0.4, -0.2) is 20.8 Å². The topological polar surface area (TPSA) is 43.4 Å². The molecule has 0 aliphatic carbocycles. The van der Waals surface area contributed by atoms with Gasteiger partial charge in [0.2, 0.25) is 9.05 Å². The molecule has 114 valence electrons. The van der Waals surface area contributed by atoms with Crippen molar-refractivity contribution in [3.8, 4) is 5.75 Å². The first kappa shape index (κ1) is 17.5. The first-order chi connectivity index (χ1) is 9.23. The lowest BCUT2D eigenvalue weighted by Gasteiger charge is -2.30. The molecule has 0 atom stereocenters. The molecule has 0 fully saturated rings. The molecule has 0 unspecified atom stereocenters. The van der Waals surface area contributed by atoms with Gasteiger partial charge in [-0.2, -0.15) is 0 Å². The summed E-state index contributed by atoms with van der Waals surface area (Å²) in [5.74, 6) is -0.851. The Hall–Kier alpha value is -0.520. The van der Waals surface area contributed by atoms with Crippen molar-refractivity contribution in [2.75, 3.05) is 12.4 Å². The molecule has 1 rings (SSSR count). The maximum atomic E-state index is 13.7. The Morgan fingerprint density at radius 2 is 1.90 bits per heavy atom. The molecule has 7 heteroatoms. The summed E-state index contributed by atoms with van der Waals surface area (Å²) in [6, 6.07) is 4.44. The van der Waals surface area contributed by atoms with Gasteiger partial charge >= 0.3 is 0 Å². The second-order valence-electron chi connectivity index (χ2n) is 4.73. The van der Waals surface area contributed by atoms with Crippen molar-refractivity contribution < 1.29 is 17.5 Å². The van der Waals surface area contributed by atoms with Crippen LogP contribution in [-0.2, 0) is 9.05 Å². The standard InChI is InChI=1S/C13H17Cl2FO3S/c1-3-13(4-2,9-20(15,17)18)8-19-11-7-5-6-10(14)12(11)16/h5-7H,3-4,8-9H2,1-2H3. The number of rotatable bonds is 7. The molecule has 0 N–H and O–H groups in total. The number of hydrogen-bond acceptors (Lipinski definition) is 3. The van der Waals surface area contributed by atoms with Crippen LogP contribution in [0.4, 0.5) is 4.39 Å². The molecular formula is C13H17Cl2FO3S. The minimum Gasteiger partial charge on any atom is -0.490 e. The molecule has 0 amide bonds. The lowest BCUT2D eigenvalue weighted by molar-refractivity contribution is 0.150. The summed E-state index contributed by atoms with van der Waals surface area (Å²) in [5.41, 5.74) is -0.644. The van der Waals surface area contributed by atoms with E-state index in [1.54, 1.807) is 6.07 Å². The molecule has 1 aromatic rings. The largest absolute Gasteiger partial charge is 0.490 e. The molecule has 0 radical (unpaired) electrons. The second kappa shape index (κ2) is 6.96. The van der Waals surface area contributed by atoms with Gasteiger partial charge < -0.3 is 4.74 Å². The van der Waals surface area contributed by atoms with E-state index in [4.69, 9.17) is 27.0 Å². The predicted molar refractivity (Wildman–Crippen MR) is 79.6 cm³/mol.